The summed E-state index contributed by atoms with van der Waals surface area (Å²) in [4.78, 5) is 23.2. The average molecular weight is 442 g/mol. The number of amides is 1. The quantitative estimate of drug-likeness (QED) is 0.456. The lowest BCUT2D eigenvalue weighted by atomic mass is 10.0. The zero-order valence-electron chi connectivity index (χ0n) is 17.4. The highest BCUT2D eigenvalue weighted by atomic mass is 32.2. The fraction of sp³-hybridized carbons (Fsp3) is 0.455. The molecule has 0 saturated heterocycles. The van der Waals surface area contributed by atoms with Crippen LogP contribution >= 0.6 is 23.1 Å². The Labute approximate surface area is 185 Å². The van der Waals surface area contributed by atoms with Gasteiger partial charge in [-0.1, -0.05) is 49.6 Å². The van der Waals surface area contributed by atoms with Crippen LogP contribution in [0.2, 0.25) is 0 Å². The van der Waals surface area contributed by atoms with Gasteiger partial charge >= 0.3 is 0 Å². The molecule has 0 spiro atoms. The lowest BCUT2D eigenvalue weighted by Gasteiger charge is -2.18. The highest BCUT2D eigenvalue weighted by Crippen LogP contribution is 2.31. The number of nitrogens with one attached hydrogen (secondary N) is 1. The van der Waals surface area contributed by atoms with Gasteiger partial charge in [-0.3, -0.25) is 14.8 Å². The Hall–Kier alpha value is -2.19. The molecule has 3 aromatic rings. The molecule has 1 N–H and O–H groups in total. The minimum atomic E-state index is -0.0463. The first-order valence-electron chi connectivity index (χ1n) is 10.4. The number of hydrogen-bond donors (Lipinski definition) is 1. The van der Waals surface area contributed by atoms with Crippen molar-refractivity contribution in [1.82, 2.24) is 20.2 Å². The number of aromatic amines is 1. The molecule has 0 unspecified atom stereocenters. The summed E-state index contributed by atoms with van der Waals surface area (Å²) in [5, 5.41) is 10.9. The van der Waals surface area contributed by atoms with Crippen LogP contribution in [-0.4, -0.2) is 26.1 Å². The van der Waals surface area contributed by atoms with Gasteiger partial charge in [0, 0.05) is 24.5 Å². The first kappa shape index (κ1) is 21.1. The lowest BCUT2D eigenvalue weighted by Crippen LogP contribution is -2.22. The molecule has 0 bridgehead atoms. The number of thiazole rings is 1. The summed E-state index contributed by atoms with van der Waals surface area (Å²) in [5.41, 5.74) is 2.88. The van der Waals surface area contributed by atoms with Gasteiger partial charge in [0.15, 0.2) is 5.13 Å². The molecule has 0 aliphatic heterocycles. The second-order valence-electron chi connectivity index (χ2n) is 7.86. The molecule has 4 rings (SSSR count). The number of rotatable bonds is 8. The van der Waals surface area contributed by atoms with Gasteiger partial charge in [0.1, 0.15) is 5.82 Å². The van der Waals surface area contributed by atoms with Gasteiger partial charge in [0.25, 0.3) is 0 Å². The van der Waals surface area contributed by atoms with E-state index >= 15 is 0 Å². The summed E-state index contributed by atoms with van der Waals surface area (Å²) in [6.45, 7) is 3.59. The molecular formula is C22H27N5OS2. The van der Waals surface area contributed by atoms with Crippen molar-refractivity contribution in [2.24, 2.45) is 5.92 Å². The van der Waals surface area contributed by atoms with Gasteiger partial charge in [-0.2, -0.15) is 0 Å². The largest absolute Gasteiger partial charge is 0.274 e. The van der Waals surface area contributed by atoms with Crippen molar-refractivity contribution in [3.05, 3.63) is 46.7 Å². The van der Waals surface area contributed by atoms with Crippen LogP contribution in [0.15, 0.2) is 34.8 Å². The fourth-order valence-electron chi connectivity index (χ4n) is 3.89. The van der Waals surface area contributed by atoms with Crippen molar-refractivity contribution in [1.29, 1.82) is 0 Å². The van der Waals surface area contributed by atoms with Gasteiger partial charge in [0.05, 0.1) is 11.4 Å². The standard InChI is InChI=1S/C22H27N5OS2/c1-15-6-5-9-19(12-15)27(16(2)28)22-23-18(14-30-22)13-29-21-24-20(25-26-21)11-10-17-7-3-4-8-17/h5-6,9,12,14,17H,3-4,7-8,10-11,13H2,1-2H3,(H,24,25,26). The van der Waals surface area contributed by atoms with E-state index in [9.17, 15) is 4.79 Å². The number of benzene rings is 1. The third kappa shape index (κ3) is 5.29. The lowest BCUT2D eigenvalue weighted by molar-refractivity contribution is -0.115. The molecule has 1 fully saturated rings. The van der Waals surface area contributed by atoms with Crippen LogP contribution in [0.5, 0.6) is 0 Å². The SMILES string of the molecule is CC(=O)N(c1cccc(C)c1)c1nc(CSc2n[nH]c(CCC3CCCC3)n2)cs1. The van der Waals surface area contributed by atoms with E-state index < -0.39 is 0 Å². The molecule has 1 saturated carbocycles. The molecule has 1 aliphatic rings. The number of nitrogens with zero attached hydrogens (tertiary/aromatic N) is 4. The van der Waals surface area contributed by atoms with Crippen molar-refractivity contribution in [2.45, 2.75) is 63.3 Å². The molecule has 8 heteroatoms. The third-order valence-corrected chi connectivity index (χ3v) is 7.19. The van der Waals surface area contributed by atoms with E-state index in [0.29, 0.717) is 10.9 Å². The maximum atomic E-state index is 12.3. The van der Waals surface area contributed by atoms with Crippen molar-refractivity contribution in [2.75, 3.05) is 4.90 Å². The van der Waals surface area contributed by atoms with E-state index in [1.54, 1.807) is 23.6 Å². The van der Waals surface area contributed by atoms with Crippen LogP contribution in [0.1, 0.15) is 56.1 Å². The minimum Gasteiger partial charge on any atom is -0.274 e. The van der Waals surface area contributed by atoms with Crippen LogP contribution in [0.25, 0.3) is 0 Å². The van der Waals surface area contributed by atoms with E-state index in [0.717, 1.165) is 40.3 Å². The number of anilines is 2. The Morgan fingerprint density at radius 3 is 2.90 bits per heavy atom. The van der Waals surface area contributed by atoms with E-state index in [1.807, 2.05) is 36.6 Å². The Balaban J connectivity index is 1.35. The number of hydrogen-bond acceptors (Lipinski definition) is 6. The first-order valence-corrected chi connectivity index (χ1v) is 12.3. The summed E-state index contributed by atoms with van der Waals surface area (Å²) >= 11 is 3.05. The molecule has 0 radical (unpaired) electrons. The molecule has 1 aromatic carbocycles. The second kappa shape index (κ2) is 9.75. The first-order chi connectivity index (χ1) is 14.6. The summed E-state index contributed by atoms with van der Waals surface area (Å²) < 4.78 is 0. The van der Waals surface area contributed by atoms with Crippen LogP contribution in [0, 0.1) is 12.8 Å². The molecular weight excluding hydrogens is 414 g/mol. The maximum absolute atomic E-state index is 12.3. The van der Waals surface area contributed by atoms with Crippen molar-refractivity contribution in [3.63, 3.8) is 0 Å². The summed E-state index contributed by atoms with van der Waals surface area (Å²) in [6.07, 6.45) is 7.66. The molecule has 2 aromatic heterocycles. The van der Waals surface area contributed by atoms with Crippen LogP contribution < -0.4 is 4.90 Å². The van der Waals surface area contributed by atoms with Crippen molar-refractivity contribution in [3.8, 4) is 0 Å². The molecule has 1 amide bonds. The summed E-state index contributed by atoms with van der Waals surface area (Å²) in [5.74, 6) is 2.47. The van der Waals surface area contributed by atoms with Crippen molar-refractivity contribution >= 4 is 39.8 Å². The number of carbonyl (C=O) groups is 1. The number of aryl methyl sites for hydroxylation is 2. The highest BCUT2D eigenvalue weighted by Gasteiger charge is 2.19. The number of carbonyl (C=O) groups excluding carboxylic acids is 1. The maximum Gasteiger partial charge on any atom is 0.230 e. The van der Waals surface area contributed by atoms with Crippen LogP contribution in [0.4, 0.5) is 10.8 Å². The Kier molecular flexibility index (Phi) is 6.84. The molecule has 30 heavy (non-hydrogen) atoms. The van der Waals surface area contributed by atoms with E-state index in [1.165, 1.54) is 43.4 Å². The molecule has 158 valence electrons. The molecule has 6 nitrogen and oxygen atoms in total. The molecule has 1 aliphatic carbocycles. The van der Waals surface area contributed by atoms with E-state index in [4.69, 9.17) is 0 Å². The predicted molar refractivity (Wildman–Crippen MR) is 122 cm³/mol. The zero-order valence-corrected chi connectivity index (χ0v) is 19.1. The van der Waals surface area contributed by atoms with Gasteiger partial charge in [0.2, 0.25) is 11.1 Å². The fourth-order valence-corrected chi connectivity index (χ4v) is 5.59. The van der Waals surface area contributed by atoms with E-state index in [-0.39, 0.29) is 5.91 Å². The normalized spacial score (nSPS) is 14.3. The van der Waals surface area contributed by atoms with Gasteiger partial charge in [-0.15, -0.1) is 16.4 Å². The average Bonchev–Trinajstić information content (AvgIpc) is 3.47. The minimum absolute atomic E-state index is 0.0463. The van der Waals surface area contributed by atoms with Crippen LogP contribution in [0.3, 0.4) is 0 Å². The number of H-pyrrole nitrogens is 1. The van der Waals surface area contributed by atoms with Gasteiger partial charge in [-0.05, 0) is 37.0 Å². The van der Waals surface area contributed by atoms with Gasteiger partial charge in [-0.25, -0.2) is 9.97 Å². The van der Waals surface area contributed by atoms with Crippen molar-refractivity contribution < 1.29 is 4.79 Å². The highest BCUT2D eigenvalue weighted by molar-refractivity contribution is 7.98. The zero-order chi connectivity index (χ0) is 20.9. The number of aromatic nitrogens is 4. The summed E-state index contributed by atoms with van der Waals surface area (Å²) in [7, 11) is 0. The smallest absolute Gasteiger partial charge is 0.230 e. The molecule has 0 atom stereocenters. The Morgan fingerprint density at radius 2 is 2.13 bits per heavy atom. The Morgan fingerprint density at radius 1 is 1.30 bits per heavy atom. The summed E-state index contributed by atoms with van der Waals surface area (Å²) in [6, 6.07) is 7.91. The number of thioether (sulfide) groups is 1. The second-order valence-corrected chi connectivity index (χ2v) is 9.64. The van der Waals surface area contributed by atoms with Gasteiger partial charge < -0.3 is 0 Å². The van der Waals surface area contributed by atoms with Crippen LogP contribution in [-0.2, 0) is 17.0 Å². The monoisotopic (exact) mass is 441 g/mol. The Bertz CT molecular complexity index is 993. The van der Waals surface area contributed by atoms with E-state index in [2.05, 4.69) is 20.2 Å². The molecule has 2 heterocycles. The topological polar surface area (TPSA) is 74.8 Å². The third-order valence-electron chi connectivity index (χ3n) is 5.43. The predicted octanol–water partition coefficient (Wildman–Crippen LogP) is 5.67.